The van der Waals surface area contributed by atoms with Crippen molar-refractivity contribution in [2.45, 2.75) is 26.5 Å². The van der Waals surface area contributed by atoms with E-state index in [-0.39, 0.29) is 6.10 Å². The van der Waals surface area contributed by atoms with E-state index in [0.29, 0.717) is 6.54 Å². The smallest absolute Gasteiger partial charge is 0.167 e. The molecular weight excluding hydrogens is 366 g/mol. The quantitative estimate of drug-likeness (QED) is 0.712. The number of anilines is 1. The van der Waals surface area contributed by atoms with E-state index in [1.807, 2.05) is 50.2 Å². The first-order chi connectivity index (χ1) is 10.5. The van der Waals surface area contributed by atoms with Crippen LogP contribution in [0.25, 0.3) is 0 Å². The molecule has 0 aliphatic heterocycles. The normalized spacial score (nSPS) is 10.6. The van der Waals surface area contributed by atoms with E-state index in [9.17, 15) is 0 Å². The lowest BCUT2D eigenvalue weighted by molar-refractivity contribution is 0.227. The molecule has 2 aromatic rings. The molecule has 0 fully saturated rings. The van der Waals surface area contributed by atoms with Gasteiger partial charge in [0.1, 0.15) is 0 Å². The average molecular weight is 385 g/mol. The van der Waals surface area contributed by atoms with Crippen LogP contribution in [0, 0.1) is 0 Å². The second-order valence-corrected chi connectivity index (χ2v) is 6.38. The van der Waals surface area contributed by atoms with Crippen LogP contribution in [0.3, 0.4) is 0 Å². The fourth-order valence-electron chi connectivity index (χ4n) is 2.03. The summed E-state index contributed by atoms with van der Waals surface area (Å²) in [4.78, 5) is 0. The molecule has 0 aromatic heterocycles. The monoisotopic (exact) mass is 383 g/mol. The van der Waals surface area contributed by atoms with Crippen molar-refractivity contribution in [3.05, 3.63) is 51.5 Å². The summed E-state index contributed by atoms with van der Waals surface area (Å²) in [6.07, 6.45) is 0.0671. The fourth-order valence-corrected chi connectivity index (χ4v) is 2.61. The number of hydrogen-bond acceptors (Lipinski definition) is 3. The van der Waals surface area contributed by atoms with Crippen LogP contribution in [0.15, 0.2) is 40.9 Å². The summed E-state index contributed by atoms with van der Waals surface area (Å²) in [5, 5.41) is 4.09. The minimum Gasteiger partial charge on any atom is -0.493 e. The minimum atomic E-state index is 0.0671. The van der Waals surface area contributed by atoms with E-state index in [0.717, 1.165) is 32.2 Å². The van der Waals surface area contributed by atoms with E-state index in [4.69, 9.17) is 21.1 Å². The highest BCUT2D eigenvalue weighted by Gasteiger charge is 2.15. The Morgan fingerprint density at radius 3 is 2.41 bits per heavy atom. The zero-order valence-corrected chi connectivity index (χ0v) is 15.2. The van der Waals surface area contributed by atoms with Crippen LogP contribution in [-0.4, -0.2) is 13.2 Å². The van der Waals surface area contributed by atoms with Gasteiger partial charge in [0.15, 0.2) is 11.5 Å². The van der Waals surface area contributed by atoms with Crippen molar-refractivity contribution in [2.24, 2.45) is 0 Å². The summed E-state index contributed by atoms with van der Waals surface area (Å²) >= 11 is 9.49. The van der Waals surface area contributed by atoms with Gasteiger partial charge in [-0.25, -0.2) is 0 Å². The van der Waals surface area contributed by atoms with Gasteiger partial charge in [0.2, 0.25) is 0 Å². The Labute approximate surface area is 144 Å². The highest BCUT2D eigenvalue weighted by Crippen LogP contribution is 2.37. The molecule has 0 radical (unpaired) electrons. The molecule has 0 bridgehead atoms. The summed E-state index contributed by atoms with van der Waals surface area (Å²) in [6.45, 7) is 4.61. The van der Waals surface area contributed by atoms with Crippen molar-refractivity contribution in [3.63, 3.8) is 0 Å². The second-order valence-electron chi connectivity index (χ2n) is 5.08. The standard InChI is InChI=1S/C17H19BrClNO2/c1-11(2)22-17-14(15(18)8-9-16(17)21-3)10-20-13-6-4-12(19)5-7-13/h4-9,11,20H,10H2,1-3H3. The molecule has 0 unspecified atom stereocenters. The Balaban J connectivity index is 2.26. The molecule has 0 amide bonds. The first-order valence-electron chi connectivity index (χ1n) is 7.02. The highest BCUT2D eigenvalue weighted by molar-refractivity contribution is 9.10. The molecule has 0 atom stereocenters. The highest BCUT2D eigenvalue weighted by atomic mass is 79.9. The van der Waals surface area contributed by atoms with Crippen molar-refractivity contribution in [1.82, 2.24) is 0 Å². The summed E-state index contributed by atoms with van der Waals surface area (Å²) in [6, 6.07) is 11.5. The van der Waals surface area contributed by atoms with Gasteiger partial charge in [0.05, 0.1) is 13.2 Å². The summed E-state index contributed by atoms with van der Waals surface area (Å²) in [7, 11) is 1.65. The van der Waals surface area contributed by atoms with Crippen molar-refractivity contribution in [1.29, 1.82) is 0 Å². The van der Waals surface area contributed by atoms with Crippen LogP contribution >= 0.6 is 27.5 Å². The van der Waals surface area contributed by atoms with Gasteiger partial charge >= 0.3 is 0 Å². The molecule has 118 valence electrons. The summed E-state index contributed by atoms with van der Waals surface area (Å²) in [5.41, 5.74) is 2.01. The molecule has 0 aliphatic carbocycles. The van der Waals surface area contributed by atoms with Gasteiger partial charge in [-0.15, -0.1) is 0 Å². The van der Waals surface area contributed by atoms with Crippen LogP contribution in [0.5, 0.6) is 11.5 Å². The van der Waals surface area contributed by atoms with Crippen molar-refractivity contribution < 1.29 is 9.47 Å². The third kappa shape index (κ3) is 4.31. The molecule has 0 aliphatic rings. The van der Waals surface area contributed by atoms with Crippen molar-refractivity contribution in [3.8, 4) is 11.5 Å². The number of benzene rings is 2. The van der Waals surface area contributed by atoms with Crippen molar-refractivity contribution in [2.75, 3.05) is 12.4 Å². The number of rotatable bonds is 6. The largest absolute Gasteiger partial charge is 0.493 e. The first-order valence-corrected chi connectivity index (χ1v) is 8.19. The molecule has 2 rings (SSSR count). The Morgan fingerprint density at radius 2 is 1.82 bits per heavy atom. The predicted molar refractivity (Wildman–Crippen MR) is 95.2 cm³/mol. The predicted octanol–water partition coefficient (Wildman–Crippen LogP) is 5.51. The average Bonchev–Trinajstić information content (AvgIpc) is 2.48. The van der Waals surface area contributed by atoms with Crippen LogP contribution in [-0.2, 0) is 6.54 Å². The summed E-state index contributed by atoms with van der Waals surface area (Å²) in [5.74, 6) is 1.48. The fraction of sp³-hybridized carbons (Fsp3) is 0.294. The first kappa shape index (κ1) is 17.0. The van der Waals surface area contributed by atoms with Crippen LogP contribution in [0.4, 0.5) is 5.69 Å². The zero-order chi connectivity index (χ0) is 16.1. The van der Waals surface area contributed by atoms with Gasteiger partial charge in [0, 0.05) is 27.3 Å². The molecule has 1 N–H and O–H groups in total. The second kappa shape index (κ2) is 7.75. The Kier molecular flexibility index (Phi) is 5.98. The van der Waals surface area contributed by atoms with Gasteiger partial charge in [-0.1, -0.05) is 27.5 Å². The van der Waals surface area contributed by atoms with Gasteiger partial charge < -0.3 is 14.8 Å². The Hall–Kier alpha value is -1.39. The van der Waals surface area contributed by atoms with Gasteiger partial charge in [0.25, 0.3) is 0 Å². The van der Waals surface area contributed by atoms with Gasteiger partial charge in [-0.3, -0.25) is 0 Å². The van der Waals surface area contributed by atoms with E-state index >= 15 is 0 Å². The maximum absolute atomic E-state index is 5.94. The summed E-state index contributed by atoms with van der Waals surface area (Å²) < 4.78 is 12.3. The Bertz CT molecular complexity index is 629. The number of halogens is 2. The maximum atomic E-state index is 5.94. The van der Waals surface area contributed by atoms with E-state index in [2.05, 4.69) is 21.2 Å². The third-order valence-electron chi connectivity index (χ3n) is 3.05. The number of nitrogens with one attached hydrogen (secondary N) is 1. The molecule has 0 saturated heterocycles. The van der Waals surface area contributed by atoms with Gasteiger partial charge in [-0.2, -0.15) is 0 Å². The number of methoxy groups -OCH3 is 1. The number of ether oxygens (including phenoxy) is 2. The van der Waals surface area contributed by atoms with Gasteiger partial charge in [-0.05, 0) is 50.2 Å². The SMILES string of the molecule is COc1ccc(Br)c(CNc2ccc(Cl)cc2)c1OC(C)C. The molecule has 0 heterocycles. The lowest BCUT2D eigenvalue weighted by Crippen LogP contribution is -2.11. The lowest BCUT2D eigenvalue weighted by Gasteiger charge is -2.19. The lowest BCUT2D eigenvalue weighted by atomic mass is 10.1. The Morgan fingerprint density at radius 1 is 1.14 bits per heavy atom. The molecule has 5 heteroatoms. The van der Waals surface area contributed by atoms with E-state index in [1.54, 1.807) is 7.11 Å². The zero-order valence-electron chi connectivity index (χ0n) is 12.8. The molecule has 0 saturated carbocycles. The molecule has 3 nitrogen and oxygen atoms in total. The molecule has 2 aromatic carbocycles. The maximum Gasteiger partial charge on any atom is 0.167 e. The molecule has 0 spiro atoms. The van der Waals surface area contributed by atoms with Crippen LogP contribution in [0.1, 0.15) is 19.4 Å². The molecular formula is C17H19BrClNO2. The third-order valence-corrected chi connectivity index (χ3v) is 4.05. The van der Waals surface area contributed by atoms with E-state index < -0.39 is 0 Å². The van der Waals surface area contributed by atoms with E-state index in [1.165, 1.54) is 0 Å². The van der Waals surface area contributed by atoms with Crippen LogP contribution in [0.2, 0.25) is 5.02 Å². The minimum absolute atomic E-state index is 0.0671. The molecule has 22 heavy (non-hydrogen) atoms. The van der Waals surface area contributed by atoms with Crippen LogP contribution < -0.4 is 14.8 Å². The van der Waals surface area contributed by atoms with Crippen molar-refractivity contribution >= 4 is 33.2 Å². The topological polar surface area (TPSA) is 30.5 Å². The number of hydrogen-bond donors (Lipinski definition) is 1.